The lowest BCUT2D eigenvalue weighted by Crippen LogP contribution is -2.05. The van der Waals surface area contributed by atoms with Gasteiger partial charge in [0.1, 0.15) is 11.5 Å². The van der Waals surface area contributed by atoms with Crippen LogP contribution < -0.4 is 0 Å². The maximum atomic E-state index is 5.71. The van der Waals surface area contributed by atoms with Crippen LogP contribution in [0, 0.1) is 0 Å². The third-order valence-electron chi connectivity index (χ3n) is 2.35. The van der Waals surface area contributed by atoms with Crippen LogP contribution in [-0.4, -0.2) is 12.7 Å². The van der Waals surface area contributed by atoms with E-state index in [4.69, 9.17) is 9.47 Å². The summed E-state index contributed by atoms with van der Waals surface area (Å²) in [5.41, 5.74) is 0.986. The van der Waals surface area contributed by atoms with Crippen molar-refractivity contribution in [1.29, 1.82) is 0 Å². The number of ether oxygens (including phenoxy) is 2. The summed E-state index contributed by atoms with van der Waals surface area (Å²) < 4.78 is 11.2. The van der Waals surface area contributed by atoms with Gasteiger partial charge in [0.2, 0.25) is 0 Å². The summed E-state index contributed by atoms with van der Waals surface area (Å²) in [5.74, 6) is 1.54. The summed E-state index contributed by atoms with van der Waals surface area (Å²) in [6.07, 6.45) is 6.49. The van der Waals surface area contributed by atoms with Crippen LogP contribution in [0.3, 0.4) is 0 Å². The van der Waals surface area contributed by atoms with Crippen molar-refractivity contribution in [2.45, 2.75) is 40.2 Å². The average Bonchev–Trinajstić information content (AvgIpc) is 2.34. The standard InChI is InChI=1S/C15H24O2/c1-7-13(6)17-14(8-2)11-12(5)15(9-3)16-10-4/h8-9,11,13H,2-3,7,10H2,1,4-6H3/b14-11+,15-12+. The summed E-state index contributed by atoms with van der Waals surface area (Å²) in [6.45, 7) is 16.1. The first kappa shape index (κ1) is 15.6. The molecular formula is C15H24O2. The van der Waals surface area contributed by atoms with Crippen LogP contribution in [0.2, 0.25) is 0 Å². The van der Waals surface area contributed by atoms with Gasteiger partial charge in [-0.2, -0.15) is 0 Å². The number of rotatable bonds is 8. The highest BCUT2D eigenvalue weighted by Crippen LogP contribution is 2.14. The van der Waals surface area contributed by atoms with Gasteiger partial charge in [0.25, 0.3) is 0 Å². The van der Waals surface area contributed by atoms with Crippen LogP contribution in [0.4, 0.5) is 0 Å². The van der Waals surface area contributed by atoms with E-state index in [0.29, 0.717) is 6.61 Å². The Balaban J connectivity index is 4.91. The van der Waals surface area contributed by atoms with Crippen molar-refractivity contribution in [2.75, 3.05) is 6.61 Å². The van der Waals surface area contributed by atoms with Gasteiger partial charge in [-0.1, -0.05) is 20.1 Å². The Labute approximate surface area is 105 Å². The van der Waals surface area contributed by atoms with E-state index >= 15 is 0 Å². The Morgan fingerprint density at radius 1 is 1.24 bits per heavy atom. The normalized spacial score (nSPS) is 14.7. The molecular weight excluding hydrogens is 212 g/mol. The van der Waals surface area contributed by atoms with Gasteiger partial charge < -0.3 is 9.47 Å². The summed E-state index contributed by atoms with van der Waals surface area (Å²) >= 11 is 0. The van der Waals surface area contributed by atoms with Crippen LogP contribution >= 0.6 is 0 Å². The highest BCUT2D eigenvalue weighted by Gasteiger charge is 2.03. The van der Waals surface area contributed by atoms with Crippen molar-refractivity contribution in [3.8, 4) is 0 Å². The average molecular weight is 236 g/mol. The van der Waals surface area contributed by atoms with Crippen molar-refractivity contribution in [3.05, 3.63) is 48.5 Å². The van der Waals surface area contributed by atoms with Gasteiger partial charge in [-0.05, 0) is 51.0 Å². The second-order valence-electron chi connectivity index (χ2n) is 3.77. The SMILES string of the molecule is C=C/C(=C\C(C)=C(/C=C)OCC)OC(C)CC. The molecule has 0 radical (unpaired) electrons. The van der Waals surface area contributed by atoms with Gasteiger partial charge in [-0.25, -0.2) is 0 Å². The third kappa shape index (κ3) is 6.00. The fourth-order valence-corrected chi connectivity index (χ4v) is 1.23. The van der Waals surface area contributed by atoms with E-state index in [-0.39, 0.29) is 6.10 Å². The summed E-state index contributed by atoms with van der Waals surface area (Å²) in [5, 5.41) is 0. The molecule has 96 valence electrons. The van der Waals surface area contributed by atoms with Crippen LogP contribution in [0.25, 0.3) is 0 Å². The van der Waals surface area contributed by atoms with Gasteiger partial charge >= 0.3 is 0 Å². The maximum absolute atomic E-state index is 5.71. The molecule has 2 heteroatoms. The molecule has 0 saturated carbocycles. The lowest BCUT2D eigenvalue weighted by atomic mass is 10.2. The number of hydrogen-bond donors (Lipinski definition) is 0. The van der Waals surface area contributed by atoms with E-state index < -0.39 is 0 Å². The molecule has 0 aliphatic carbocycles. The molecule has 1 unspecified atom stereocenters. The Morgan fingerprint density at radius 2 is 1.88 bits per heavy atom. The quantitative estimate of drug-likeness (QED) is 0.460. The highest BCUT2D eigenvalue weighted by atomic mass is 16.5. The summed E-state index contributed by atoms with van der Waals surface area (Å²) in [7, 11) is 0. The molecule has 2 nitrogen and oxygen atoms in total. The van der Waals surface area contributed by atoms with E-state index in [1.807, 2.05) is 26.8 Å². The van der Waals surface area contributed by atoms with E-state index in [0.717, 1.165) is 23.5 Å². The van der Waals surface area contributed by atoms with Crippen LogP contribution in [0.15, 0.2) is 48.5 Å². The summed E-state index contributed by atoms with van der Waals surface area (Å²) in [6, 6.07) is 0. The molecule has 0 rings (SSSR count). The van der Waals surface area contributed by atoms with Crippen LogP contribution in [0.5, 0.6) is 0 Å². The molecule has 0 heterocycles. The van der Waals surface area contributed by atoms with Crippen molar-refractivity contribution >= 4 is 0 Å². The molecule has 0 aromatic heterocycles. The minimum atomic E-state index is 0.186. The predicted molar refractivity (Wildman–Crippen MR) is 73.6 cm³/mol. The van der Waals surface area contributed by atoms with E-state index in [1.54, 1.807) is 12.2 Å². The Bertz CT molecular complexity index is 311. The number of hydrogen-bond acceptors (Lipinski definition) is 2. The monoisotopic (exact) mass is 236 g/mol. The zero-order chi connectivity index (χ0) is 13.3. The minimum absolute atomic E-state index is 0.186. The molecule has 0 aromatic rings. The zero-order valence-electron chi connectivity index (χ0n) is 11.5. The molecule has 17 heavy (non-hydrogen) atoms. The molecule has 0 fully saturated rings. The first-order valence-electron chi connectivity index (χ1n) is 6.05. The first-order valence-corrected chi connectivity index (χ1v) is 6.05. The Hall–Kier alpha value is -1.44. The lowest BCUT2D eigenvalue weighted by Gasteiger charge is -2.14. The van der Waals surface area contributed by atoms with Gasteiger partial charge in [0, 0.05) is 0 Å². The highest BCUT2D eigenvalue weighted by molar-refractivity contribution is 5.30. The van der Waals surface area contributed by atoms with Crippen molar-refractivity contribution < 1.29 is 9.47 Å². The van der Waals surface area contributed by atoms with Gasteiger partial charge in [0.05, 0.1) is 12.7 Å². The van der Waals surface area contributed by atoms with Gasteiger partial charge in [-0.15, -0.1) is 0 Å². The molecule has 0 saturated heterocycles. The Kier molecular flexibility index (Phi) is 7.95. The van der Waals surface area contributed by atoms with Crippen LogP contribution in [-0.2, 0) is 9.47 Å². The van der Waals surface area contributed by atoms with E-state index in [2.05, 4.69) is 20.1 Å². The predicted octanol–water partition coefficient (Wildman–Crippen LogP) is 4.37. The van der Waals surface area contributed by atoms with Crippen LogP contribution in [0.1, 0.15) is 34.1 Å². The molecule has 0 aliphatic rings. The fourth-order valence-electron chi connectivity index (χ4n) is 1.23. The van der Waals surface area contributed by atoms with Crippen molar-refractivity contribution in [3.63, 3.8) is 0 Å². The molecule has 0 N–H and O–H groups in total. The number of allylic oxidation sites excluding steroid dienone is 4. The maximum Gasteiger partial charge on any atom is 0.121 e. The molecule has 0 bridgehead atoms. The van der Waals surface area contributed by atoms with E-state index in [9.17, 15) is 0 Å². The van der Waals surface area contributed by atoms with Crippen molar-refractivity contribution in [1.82, 2.24) is 0 Å². The Morgan fingerprint density at radius 3 is 2.29 bits per heavy atom. The van der Waals surface area contributed by atoms with E-state index in [1.165, 1.54) is 0 Å². The third-order valence-corrected chi connectivity index (χ3v) is 2.35. The second-order valence-corrected chi connectivity index (χ2v) is 3.77. The lowest BCUT2D eigenvalue weighted by molar-refractivity contribution is 0.137. The van der Waals surface area contributed by atoms with Gasteiger partial charge in [0.15, 0.2) is 0 Å². The second kappa shape index (κ2) is 8.68. The van der Waals surface area contributed by atoms with Crippen molar-refractivity contribution in [2.24, 2.45) is 0 Å². The minimum Gasteiger partial charge on any atom is -0.494 e. The smallest absolute Gasteiger partial charge is 0.121 e. The topological polar surface area (TPSA) is 18.5 Å². The zero-order valence-corrected chi connectivity index (χ0v) is 11.5. The molecule has 0 aromatic carbocycles. The van der Waals surface area contributed by atoms with Gasteiger partial charge in [-0.3, -0.25) is 0 Å². The first-order chi connectivity index (χ1) is 8.08. The fraction of sp³-hybridized carbons (Fsp3) is 0.467. The molecule has 0 spiro atoms. The molecule has 0 amide bonds. The largest absolute Gasteiger partial charge is 0.494 e. The molecule has 0 aliphatic heterocycles. The molecule has 1 atom stereocenters. The summed E-state index contributed by atoms with van der Waals surface area (Å²) in [4.78, 5) is 0.